The molecule has 0 aliphatic carbocycles. The molecule has 0 radical (unpaired) electrons. The Morgan fingerprint density at radius 2 is 2.00 bits per heavy atom. The fourth-order valence-electron chi connectivity index (χ4n) is 1.90. The number of carbonyl (C=O) groups is 1. The quantitative estimate of drug-likeness (QED) is 0.356. The standard InChI is InChI=1S/C15H28O3/c1-7-9-10-18-13(4)12(3)11-15(5,8-2)14(16)17-6/h12H,4,7-11H2,1-3,5-6H3. The predicted octanol–water partition coefficient (Wildman–Crippen LogP) is 3.93. The van der Waals surface area contributed by atoms with Gasteiger partial charge in [0, 0.05) is 5.92 Å². The summed E-state index contributed by atoms with van der Waals surface area (Å²) in [6, 6.07) is 0. The number of ether oxygens (including phenoxy) is 2. The molecule has 0 aromatic heterocycles. The van der Waals surface area contributed by atoms with Gasteiger partial charge in [-0.3, -0.25) is 4.79 Å². The molecule has 0 rings (SSSR count). The van der Waals surface area contributed by atoms with Crippen molar-refractivity contribution in [2.45, 2.75) is 53.4 Å². The monoisotopic (exact) mass is 256 g/mol. The maximum atomic E-state index is 11.8. The molecule has 3 heteroatoms. The first-order valence-corrected chi connectivity index (χ1v) is 6.81. The first kappa shape index (κ1) is 17.0. The molecule has 0 amide bonds. The van der Waals surface area contributed by atoms with E-state index in [0.717, 1.165) is 25.0 Å². The van der Waals surface area contributed by atoms with Crippen molar-refractivity contribution < 1.29 is 14.3 Å². The third-order valence-electron chi connectivity index (χ3n) is 3.55. The van der Waals surface area contributed by atoms with Crippen LogP contribution in [0.4, 0.5) is 0 Å². The highest BCUT2D eigenvalue weighted by Gasteiger charge is 2.34. The molecule has 0 aromatic rings. The number of hydrogen-bond donors (Lipinski definition) is 0. The summed E-state index contributed by atoms with van der Waals surface area (Å²) < 4.78 is 10.5. The van der Waals surface area contributed by atoms with E-state index in [2.05, 4.69) is 13.5 Å². The molecule has 0 saturated heterocycles. The molecule has 0 aliphatic rings. The van der Waals surface area contributed by atoms with Crippen molar-refractivity contribution in [2.75, 3.05) is 13.7 Å². The first-order chi connectivity index (χ1) is 8.41. The molecule has 0 aliphatic heterocycles. The van der Waals surface area contributed by atoms with E-state index in [1.54, 1.807) is 0 Å². The molecule has 2 unspecified atom stereocenters. The van der Waals surface area contributed by atoms with Gasteiger partial charge >= 0.3 is 5.97 Å². The number of esters is 1. The van der Waals surface area contributed by atoms with Crippen LogP contribution in [0.15, 0.2) is 12.3 Å². The van der Waals surface area contributed by atoms with Crippen LogP contribution in [0, 0.1) is 11.3 Å². The van der Waals surface area contributed by atoms with E-state index in [0.29, 0.717) is 13.0 Å². The largest absolute Gasteiger partial charge is 0.498 e. The molecule has 106 valence electrons. The lowest BCUT2D eigenvalue weighted by molar-refractivity contribution is -0.153. The molecule has 0 fully saturated rings. The van der Waals surface area contributed by atoms with Crippen LogP contribution in [0.1, 0.15) is 53.4 Å². The number of unbranched alkanes of at least 4 members (excludes halogenated alkanes) is 1. The van der Waals surface area contributed by atoms with Crippen LogP contribution >= 0.6 is 0 Å². The third kappa shape index (κ3) is 5.11. The van der Waals surface area contributed by atoms with E-state index >= 15 is 0 Å². The zero-order valence-electron chi connectivity index (χ0n) is 12.5. The summed E-state index contributed by atoms with van der Waals surface area (Å²) in [4.78, 5) is 11.8. The van der Waals surface area contributed by atoms with Crippen molar-refractivity contribution in [3.8, 4) is 0 Å². The molecule has 0 saturated carbocycles. The summed E-state index contributed by atoms with van der Waals surface area (Å²) in [5.74, 6) is 0.774. The van der Waals surface area contributed by atoms with Crippen molar-refractivity contribution >= 4 is 5.97 Å². The predicted molar refractivity (Wildman–Crippen MR) is 74.2 cm³/mol. The second-order valence-corrected chi connectivity index (χ2v) is 5.18. The van der Waals surface area contributed by atoms with Crippen LogP contribution in [-0.4, -0.2) is 19.7 Å². The van der Waals surface area contributed by atoms with Gasteiger partial charge in [0.15, 0.2) is 0 Å². The van der Waals surface area contributed by atoms with Crippen LogP contribution in [0.3, 0.4) is 0 Å². The SMILES string of the molecule is C=C(OCCCC)C(C)CC(C)(CC)C(=O)OC. The Labute approximate surface area is 112 Å². The van der Waals surface area contributed by atoms with Gasteiger partial charge in [-0.25, -0.2) is 0 Å². The molecule has 2 atom stereocenters. The Bertz CT molecular complexity index is 273. The molecular weight excluding hydrogens is 228 g/mol. The fourth-order valence-corrected chi connectivity index (χ4v) is 1.90. The van der Waals surface area contributed by atoms with Gasteiger partial charge in [-0.1, -0.05) is 33.8 Å². The van der Waals surface area contributed by atoms with E-state index in [1.165, 1.54) is 7.11 Å². The lowest BCUT2D eigenvalue weighted by Crippen LogP contribution is -2.31. The number of methoxy groups -OCH3 is 1. The van der Waals surface area contributed by atoms with Gasteiger partial charge in [0.25, 0.3) is 0 Å². The topological polar surface area (TPSA) is 35.5 Å². The summed E-state index contributed by atoms with van der Waals surface area (Å²) >= 11 is 0. The van der Waals surface area contributed by atoms with E-state index in [-0.39, 0.29) is 11.9 Å². The average Bonchev–Trinajstić information content (AvgIpc) is 2.37. The summed E-state index contributed by atoms with van der Waals surface area (Å²) in [7, 11) is 1.44. The van der Waals surface area contributed by atoms with E-state index < -0.39 is 5.41 Å². The molecule has 0 aromatic carbocycles. The number of carbonyl (C=O) groups excluding carboxylic acids is 1. The first-order valence-electron chi connectivity index (χ1n) is 6.81. The maximum absolute atomic E-state index is 11.8. The summed E-state index contributed by atoms with van der Waals surface area (Å²) in [6.45, 7) is 12.8. The second kappa shape index (κ2) is 8.17. The molecular formula is C15H28O3. The Morgan fingerprint density at radius 1 is 1.39 bits per heavy atom. The molecule has 0 heterocycles. The summed E-state index contributed by atoms with van der Waals surface area (Å²) in [5, 5.41) is 0. The molecule has 18 heavy (non-hydrogen) atoms. The highest BCUT2D eigenvalue weighted by atomic mass is 16.5. The lowest BCUT2D eigenvalue weighted by atomic mass is 9.79. The van der Waals surface area contributed by atoms with Gasteiger partial charge in [-0.15, -0.1) is 0 Å². The maximum Gasteiger partial charge on any atom is 0.311 e. The van der Waals surface area contributed by atoms with Crippen molar-refractivity contribution in [3.63, 3.8) is 0 Å². The zero-order chi connectivity index (χ0) is 14.2. The Hall–Kier alpha value is -0.990. The normalized spacial score (nSPS) is 15.6. The van der Waals surface area contributed by atoms with Crippen molar-refractivity contribution in [2.24, 2.45) is 11.3 Å². The fraction of sp³-hybridized carbons (Fsp3) is 0.800. The van der Waals surface area contributed by atoms with Crippen LogP contribution in [0.2, 0.25) is 0 Å². The Morgan fingerprint density at radius 3 is 2.44 bits per heavy atom. The third-order valence-corrected chi connectivity index (χ3v) is 3.55. The van der Waals surface area contributed by atoms with E-state index in [1.807, 2.05) is 20.8 Å². The van der Waals surface area contributed by atoms with E-state index in [4.69, 9.17) is 9.47 Å². The zero-order valence-corrected chi connectivity index (χ0v) is 12.5. The van der Waals surface area contributed by atoms with Crippen molar-refractivity contribution in [3.05, 3.63) is 12.3 Å². The van der Waals surface area contributed by atoms with Crippen molar-refractivity contribution in [1.29, 1.82) is 0 Å². The smallest absolute Gasteiger partial charge is 0.311 e. The molecule has 0 spiro atoms. The molecule has 0 bridgehead atoms. The van der Waals surface area contributed by atoms with Gasteiger partial charge in [-0.05, 0) is 26.2 Å². The number of rotatable bonds is 9. The van der Waals surface area contributed by atoms with Gasteiger partial charge in [-0.2, -0.15) is 0 Å². The number of hydrogen-bond acceptors (Lipinski definition) is 3. The minimum absolute atomic E-state index is 0.154. The van der Waals surface area contributed by atoms with Gasteiger partial charge in [0.1, 0.15) is 0 Å². The van der Waals surface area contributed by atoms with Gasteiger partial charge in [0.05, 0.1) is 24.9 Å². The molecule has 3 nitrogen and oxygen atoms in total. The number of allylic oxidation sites excluding steroid dienone is 1. The molecule has 0 N–H and O–H groups in total. The Balaban J connectivity index is 4.38. The van der Waals surface area contributed by atoms with Crippen LogP contribution in [0.5, 0.6) is 0 Å². The van der Waals surface area contributed by atoms with Crippen molar-refractivity contribution in [1.82, 2.24) is 0 Å². The minimum atomic E-state index is -0.453. The summed E-state index contributed by atoms with van der Waals surface area (Å²) in [5.41, 5.74) is -0.453. The van der Waals surface area contributed by atoms with Gasteiger partial charge < -0.3 is 9.47 Å². The summed E-state index contributed by atoms with van der Waals surface area (Å²) in [6.07, 6.45) is 3.61. The van der Waals surface area contributed by atoms with Crippen LogP contribution in [-0.2, 0) is 14.3 Å². The van der Waals surface area contributed by atoms with Crippen LogP contribution < -0.4 is 0 Å². The lowest BCUT2D eigenvalue weighted by Gasteiger charge is -2.29. The minimum Gasteiger partial charge on any atom is -0.498 e. The Kier molecular flexibility index (Phi) is 7.72. The highest BCUT2D eigenvalue weighted by Crippen LogP contribution is 2.33. The van der Waals surface area contributed by atoms with E-state index in [9.17, 15) is 4.79 Å². The highest BCUT2D eigenvalue weighted by molar-refractivity contribution is 5.76. The second-order valence-electron chi connectivity index (χ2n) is 5.18. The average molecular weight is 256 g/mol. The van der Waals surface area contributed by atoms with Crippen LogP contribution in [0.25, 0.3) is 0 Å². The van der Waals surface area contributed by atoms with Gasteiger partial charge in [0.2, 0.25) is 0 Å².